The number of nitrogens with zero attached hydrogens (tertiary/aromatic N) is 1. The predicted octanol–water partition coefficient (Wildman–Crippen LogP) is 2.79. The second-order valence-corrected chi connectivity index (χ2v) is 4.52. The van der Waals surface area contributed by atoms with Gasteiger partial charge in [-0.1, -0.05) is 23.7 Å². The van der Waals surface area contributed by atoms with Crippen molar-refractivity contribution in [1.82, 2.24) is 4.98 Å². The molecule has 1 aromatic carbocycles. The van der Waals surface area contributed by atoms with Crippen LogP contribution in [-0.4, -0.2) is 16.0 Å². The van der Waals surface area contributed by atoms with Gasteiger partial charge in [0, 0.05) is 18.1 Å². The second-order valence-electron chi connectivity index (χ2n) is 4.12. The van der Waals surface area contributed by atoms with E-state index < -0.39 is 0 Å². The number of nitrogens with one attached hydrogen (secondary N) is 1. The quantitative estimate of drug-likeness (QED) is 0.906. The Hall–Kier alpha value is -1.91. The Labute approximate surface area is 116 Å². The maximum absolute atomic E-state index is 12.1. The van der Waals surface area contributed by atoms with E-state index in [2.05, 4.69) is 10.3 Å². The summed E-state index contributed by atoms with van der Waals surface area (Å²) in [5, 5.41) is 12.2. The molecule has 0 bridgehead atoms. The number of anilines is 1. The number of aliphatic hydroxyl groups excluding tert-OH is 1. The third-order valence-electron chi connectivity index (χ3n) is 2.75. The summed E-state index contributed by atoms with van der Waals surface area (Å²) in [6, 6.07) is 6.95. The molecule has 0 fully saturated rings. The Morgan fingerprint density at radius 1 is 1.42 bits per heavy atom. The SMILES string of the molecule is Cc1ccc(CO)cc1NC(=O)c1ccncc1Cl. The molecule has 19 heavy (non-hydrogen) atoms. The number of aromatic nitrogens is 1. The van der Waals surface area contributed by atoms with Crippen molar-refractivity contribution >= 4 is 23.2 Å². The fraction of sp³-hybridized carbons (Fsp3) is 0.143. The first-order valence-corrected chi connectivity index (χ1v) is 6.11. The summed E-state index contributed by atoms with van der Waals surface area (Å²) >= 11 is 5.92. The van der Waals surface area contributed by atoms with Gasteiger partial charge in [0.05, 0.1) is 17.2 Å². The van der Waals surface area contributed by atoms with Crippen LogP contribution in [-0.2, 0) is 6.61 Å². The van der Waals surface area contributed by atoms with E-state index in [0.29, 0.717) is 16.3 Å². The van der Waals surface area contributed by atoms with Crippen LogP contribution in [0.15, 0.2) is 36.7 Å². The van der Waals surface area contributed by atoms with Gasteiger partial charge >= 0.3 is 0 Å². The van der Waals surface area contributed by atoms with Gasteiger partial charge in [0.15, 0.2) is 0 Å². The lowest BCUT2D eigenvalue weighted by Crippen LogP contribution is -2.13. The highest BCUT2D eigenvalue weighted by Crippen LogP contribution is 2.20. The minimum Gasteiger partial charge on any atom is -0.392 e. The van der Waals surface area contributed by atoms with Gasteiger partial charge in [0.2, 0.25) is 0 Å². The molecule has 98 valence electrons. The molecule has 1 amide bonds. The standard InChI is InChI=1S/C14H13ClN2O2/c1-9-2-3-10(8-18)6-13(9)17-14(19)11-4-5-16-7-12(11)15/h2-7,18H,8H2,1H3,(H,17,19). The van der Waals surface area contributed by atoms with Crippen molar-refractivity contribution < 1.29 is 9.90 Å². The lowest BCUT2D eigenvalue weighted by molar-refractivity contribution is 0.102. The van der Waals surface area contributed by atoms with Gasteiger partial charge in [-0.15, -0.1) is 0 Å². The van der Waals surface area contributed by atoms with Gasteiger partial charge in [-0.05, 0) is 30.2 Å². The van der Waals surface area contributed by atoms with Gasteiger partial charge in [-0.25, -0.2) is 0 Å². The molecule has 4 nitrogen and oxygen atoms in total. The molecule has 1 aromatic heterocycles. The third-order valence-corrected chi connectivity index (χ3v) is 3.05. The first kappa shape index (κ1) is 13.5. The lowest BCUT2D eigenvalue weighted by atomic mass is 10.1. The molecule has 0 aliphatic heterocycles. The first-order chi connectivity index (χ1) is 9.11. The predicted molar refractivity (Wildman–Crippen MR) is 74.3 cm³/mol. The molecule has 0 radical (unpaired) electrons. The Bertz CT molecular complexity index is 614. The van der Waals surface area contributed by atoms with Crippen LogP contribution in [0, 0.1) is 6.92 Å². The Kier molecular flexibility index (Phi) is 4.14. The highest BCUT2D eigenvalue weighted by molar-refractivity contribution is 6.34. The molecule has 5 heteroatoms. The highest BCUT2D eigenvalue weighted by atomic mass is 35.5. The summed E-state index contributed by atoms with van der Waals surface area (Å²) in [6.07, 6.45) is 2.94. The fourth-order valence-electron chi connectivity index (χ4n) is 1.65. The van der Waals surface area contributed by atoms with E-state index in [0.717, 1.165) is 11.1 Å². The number of hydrogen-bond donors (Lipinski definition) is 2. The number of carbonyl (C=O) groups excluding carboxylic acids is 1. The molecule has 2 aromatic rings. The molecule has 2 N–H and O–H groups in total. The minimum absolute atomic E-state index is 0.0703. The zero-order valence-corrected chi connectivity index (χ0v) is 11.1. The lowest BCUT2D eigenvalue weighted by Gasteiger charge is -2.10. The van der Waals surface area contributed by atoms with Crippen molar-refractivity contribution in [3.05, 3.63) is 58.4 Å². The van der Waals surface area contributed by atoms with Crippen LogP contribution < -0.4 is 5.32 Å². The molecule has 2 rings (SSSR count). The Morgan fingerprint density at radius 3 is 2.89 bits per heavy atom. The molecule has 1 heterocycles. The van der Waals surface area contributed by atoms with Crippen molar-refractivity contribution in [2.75, 3.05) is 5.32 Å². The molecule has 0 unspecified atom stereocenters. The van der Waals surface area contributed by atoms with Crippen molar-refractivity contribution in [2.45, 2.75) is 13.5 Å². The van der Waals surface area contributed by atoms with Crippen LogP contribution in [0.25, 0.3) is 0 Å². The maximum atomic E-state index is 12.1. The van der Waals surface area contributed by atoms with Crippen molar-refractivity contribution in [1.29, 1.82) is 0 Å². The number of benzene rings is 1. The zero-order valence-electron chi connectivity index (χ0n) is 10.4. The maximum Gasteiger partial charge on any atom is 0.257 e. The molecule has 0 aliphatic carbocycles. The van der Waals surface area contributed by atoms with Crippen LogP contribution in [0.3, 0.4) is 0 Å². The number of hydrogen-bond acceptors (Lipinski definition) is 3. The van der Waals surface area contributed by atoms with Gasteiger partial charge < -0.3 is 10.4 Å². The number of aliphatic hydroxyl groups is 1. The number of amides is 1. The van der Waals surface area contributed by atoms with E-state index in [-0.39, 0.29) is 12.5 Å². The van der Waals surface area contributed by atoms with Gasteiger partial charge in [0.1, 0.15) is 0 Å². The van der Waals surface area contributed by atoms with Crippen LogP contribution in [0.1, 0.15) is 21.5 Å². The van der Waals surface area contributed by atoms with Crippen molar-refractivity contribution in [2.24, 2.45) is 0 Å². The molecular formula is C14H13ClN2O2. The van der Waals surface area contributed by atoms with Crippen LogP contribution >= 0.6 is 11.6 Å². The van der Waals surface area contributed by atoms with E-state index >= 15 is 0 Å². The van der Waals surface area contributed by atoms with Gasteiger partial charge in [0.25, 0.3) is 5.91 Å². The van der Waals surface area contributed by atoms with E-state index in [1.54, 1.807) is 12.1 Å². The third kappa shape index (κ3) is 3.10. The highest BCUT2D eigenvalue weighted by Gasteiger charge is 2.11. The largest absolute Gasteiger partial charge is 0.392 e. The van der Waals surface area contributed by atoms with Crippen molar-refractivity contribution in [3.63, 3.8) is 0 Å². The molecule has 0 atom stereocenters. The topological polar surface area (TPSA) is 62.2 Å². The van der Waals surface area contributed by atoms with E-state index in [1.807, 2.05) is 19.1 Å². The van der Waals surface area contributed by atoms with E-state index in [9.17, 15) is 4.79 Å². The first-order valence-electron chi connectivity index (χ1n) is 5.73. The Morgan fingerprint density at radius 2 is 2.21 bits per heavy atom. The van der Waals surface area contributed by atoms with Gasteiger partial charge in [-0.2, -0.15) is 0 Å². The number of pyridine rings is 1. The molecule has 0 spiro atoms. The van der Waals surface area contributed by atoms with Gasteiger partial charge in [-0.3, -0.25) is 9.78 Å². The van der Waals surface area contributed by atoms with Crippen LogP contribution in [0.2, 0.25) is 5.02 Å². The number of rotatable bonds is 3. The summed E-state index contributed by atoms with van der Waals surface area (Å²) in [5.74, 6) is -0.300. The monoisotopic (exact) mass is 276 g/mol. The number of aryl methyl sites for hydroxylation is 1. The van der Waals surface area contributed by atoms with E-state index in [4.69, 9.17) is 16.7 Å². The van der Waals surface area contributed by atoms with E-state index in [1.165, 1.54) is 12.4 Å². The Balaban J connectivity index is 2.26. The summed E-state index contributed by atoms with van der Waals surface area (Å²) in [7, 11) is 0. The van der Waals surface area contributed by atoms with Crippen molar-refractivity contribution in [3.8, 4) is 0 Å². The van der Waals surface area contributed by atoms with Crippen LogP contribution in [0.5, 0.6) is 0 Å². The van der Waals surface area contributed by atoms with Crippen LogP contribution in [0.4, 0.5) is 5.69 Å². The average molecular weight is 277 g/mol. The number of carbonyl (C=O) groups is 1. The fourth-order valence-corrected chi connectivity index (χ4v) is 1.86. The second kappa shape index (κ2) is 5.82. The zero-order chi connectivity index (χ0) is 13.8. The molecular weight excluding hydrogens is 264 g/mol. The normalized spacial score (nSPS) is 10.3. The summed E-state index contributed by atoms with van der Waals surface area (Å²) in [6.45, 7) is 1.81. The summed E-state index contributed by atoms with van der Waals surface area (Å²) < 4.78 is 0. The molecule has 0 saturated heterocycles. The summed E-state index contributed by atoms with van der Waals surface area (Å²) in [5.41, 5.74) is 2.67. The smallest absolute Gasteiger partial charge is 0.257 e. The number of halogens is 1. The average Bonchev–Trinajstić information content (AvgIpc) is 2.41. The molecule has 0 aliphatic rings. The molecule has 0 saturated carbocycles. The minimum atomic E-state index is -0.300. The summed E-state index contributed by atoms with van der Waals surface area (Å²) in [4.78, 5) is 15.9.